The number of rotatable bonds is 12. The van der Waals surface area contributed by atoms with Gasteiger partial charge in [-0.3, -0.25) is 4.79 Å². The van der Waals surface area contributed by atoms with Gasteiger partial charge in [0.1, 0.15) is 5.37 Å². The summed E-state index contributed by atoms with van der Waals surface area (Å²) in [4.78, 5) is 30.0. The number of amides is 1. The minimum Gasteiger partial charge on any atom is -0.451 e. The Bertz CT molecular complexity index is 1570. The summed E-state index contributed by atoms with van der Waals surface area (Å²) in [6.07, 6.45) is -0.747. The summed E-state index contributed by atoms with van der Waals surface area (Å²) in [6.45, 7) is 17.6. The number of likely N-dealkylation sites (tertiary alicyclic amines) is 1. The molecule has 0 bridgehead atoms. The lowest BCUT2D eigenvalue weighted by molar-refractivity contribution is -0.185. The first-order chi connectivity index (χ1) is 21.1. The zero-order chi connectivity index (χ0) is 33.2. The number of carbonyl (C=O) groups is 2. The lowest BCUT2D eigenvalue weighted by Crippen LogP contribution is -2.73. The second kappa shape index (κ2) is 13.7. The van der Waals surface area contributed by atoms with Crippen LogP contribution in [0.4, 0.5) is 0 Å². The van der Waals surface area contributed by atoms with E-state index in [4.69, 9.17) is 9.16 Å². The molecule has 4 rings (SSSR count). The molecule has 1 fully saturated rings. The van der Waals surface area contributed by atoms with E-state index in [1.165, 1.54) is 17.0 Å². The van der Waals surface area contributed by atoms with Crippen molar-refractivity contribution < 1.29 is 27.2 Å². The molecular weight excluding hydrogens is 623 g/mol. The van der Waals surface area contributed by atoms with Gasteiger partial charge in [-0.1, -0.05) is 106 Å². The number of carbonyl (C=O) groups excluding carboxylic acids is 2. The lowest BCUT2D eigenvalue weighted by Gasteiger charge is -2.59. The molecule has 4 atom stereocenters. The van der Waals surface area contributed by atoms with Crippen molar-refractivity contribution in [3.05, 3.63) is 114 Å². The van der Waals surface area contributed by atoms with Crippen LogP contribution in [0.2, 0.25) is 13.1 Å². The van der Waals surface area contributed by atoms with Gasteiger partial charge in [-0.15, -0.1) is 0 Å². The van der Waals surface area contributed by atoms with E-state index in [1.54, 1.807) is 25.1 Å². The van der Waals surface area contributed by atoms with Crippen molar-refractivity contribution >= 4 is 40.6 Å². The van der Waals surface area contributed by atoms with Crippen LogP contribution in [0.15, 0.2) is 108 Å². The Morgan fingerprint density at radius 2 is 1.36 bits per heavy atom. The van der Waals surface area contributed by atoms with Gasteiger partial charge in [0.05, 0.1) is 16.4 Å². The minimum atomic E-state index is -3.94. The molecule has 3 aromatic rings. The van der Waals surface area contributed by atoms with Crippen molar-refractivity contribution in [3.8, 4) is 0 Å². The summed E-state index contributed by atoms with van der Waals surface area (Å²) in [5.74, 6) is -1.90. The van der Waals surface area contributed by atoms with Crippen LogP contribution in [0.3, 0.4) is 0 Å². The van der Waals surface area contributed by atoms with E-state index in [0.717, 1.165) is 11.1 Å². The Morgan fingerprint density at radius 1 is 0.889 bits per heavy atom. The quantitative estimate of drug-likeness (QED) is 0.0678. The summed E-state index contributed by atoms with van der Waals surface area (Å²) < 4.78 is 40.4. The maximum Gasteiger partial charge on any atom is 0.334 e. The first kappa shape index (κ1) is 34.7. The molecule has 45 heavy (non-hydrogen) atoms. The van der Waals surface area contributed by atoms with Gasteiger partial charge in [0.2, 0.25) is 14.8 Å². The van der Waals surface area contributed by atoms with E-state index in [0.29, 0.717) is 16.4 Å². The predicted octanol–water partition coefficient (Wildman–Crippen LogP) is 6.98. The van der Waals surface area contributed by atoms with E-state index in [1.807, 2.05) is 101 Å². The predicted molar refractivity (Wildman–Crippen MR) is 183 cm³/mol. The fourth-order valence-electron chi connectivity index (χ4n) is 5.67. The lowest BCUT2D eigenvalue weighted by atomic mass is 9.66. The summed E-state index contributed by atoms with van der Waals surface area (Å²) >= 11 is 0. The molecule has 3 unspecified atom stereocenters. The number of esters is 1. The zero-order valence-electron chi connectivity index (χ0n) is 27.0. The number of hydrogen-bond acceptors (Lipinski definition) is 7. The van der Waals surface area contributed by atoms with Gasteiger partial charge in [0.25, 0.3) is 0 Å². The van der Waals surface area contributed by atoms with Crippen LogP contribution in [-0.4, -0.2) is 51.3 Å². The van der Waals surface area contributed by atoms with E-state index in [2.05, 4.69) is 6.58 Å². The van der Waals surface area contributed by atoms with E-state index < -0.39 is 58.3 Å². The molecule has 1 aliphatic rings. The van der Waals surface area contributed by atoms with Gasteiger partial charge in [-0.05, 0) is 72.0 Å². The molecule has 0 N–H and O–H groups in total. The molecule has 1 saturated heterocycles. The molecule has 0 saturated carbocycles. The van der Waals surface area contributed by atoms with Crippen LogP contribution >= 0.6 is 10.8 Å². The Hall–Kier alpha value is -3.18. The maximum absolute atomic E-state index is 14.3. The van der Waals surface area contributed by atoms with E-state index in [-0.39, 0.29) is 10.8 Å². The maximum atomic E-state index is 14.3. The fraction of sp³-hybridized carbons (Fsp3) is 0.371. The number of ether oxygens (including phenoxy) is 1. The minimum absolute atomic E-state index is 0.118. The summed E-state index contributed by atoms with van der Waals surface area (Å²) in [7, 11) is -4.98. The SMILES string of the molecule is C=C(C)C(C(=O)OC(c1ccccc1)c1ccccc1)N1C(=O)C([C@](C)(O[SiH](C)C)C(C)(C)C)C1SS(=O)(=O)c1ccccc1. The van der Waals surface area contributed by atoms with E-state index in [9.17, 15) is 18.0 Å². The van der Waals surface area contributed by atoms with Gasteiger partial charge < -0.3 is 14.1 Å². The molecule has 1 heterocycles. The molecule has 0 radical (unpaired) electrons. The largest absolute Gasteiger partial charge is 0.451 e. The molecule has 1 amide bonds. The van der Waals surface area contributed by atoms with Crippen LogP contribution < -0.4 is 0 Å². The molecular formula is C35H43NO6S2Si. The third kappa shape index (κ3) is 7.30. The molecule has 0 aliphatic carbocycles. The third-order valence-corrected chi connectivity index (χ3v) is 13.0. The topological polar surface area (TPSA) is 90.0 Å². The average Bonchev–Trinajstić information content (AvgIpc) is 2.98. The smallest absolute Gasteiger partial charge is 0.334 e. The molecule has 0 aromatic heterocycles. The second-order valence-electron chi connectivity index (χ2n) is 12.9. The molecule has 10 heteroatoms. The van der Waals surface area contributed by atoms with Gasteiger partial charge in [0, 0.05) is 0 Å². The van der Waals surface area contributed by atoms with Crippen molar-refractivity contribution in [1.29, 1.82) is 0 Å². The van der Waals surface area contributed by atoms with Crippen LogP contribution in [0.1, 0.15) is 51.8 Å². The normalized spacial score (nSPS) is 19.1. The van der Waals surface area contributed by atoms with Crippen molar-refractivity contribution in [3.63, 3.8) is 0 Å². The molecule has 240 valence electrons. The summed E-state index contributed by atoms with van der Waals surface area (Å²) in [6, 6.07) is 25.6. The summed E-state index contributed by atoms with van der Waals surface area (Å²) in [5.41, 5.74) is 0.352. The van der Waals surface area contributed by atoms with Crippen LogP contribution in [0.5, 0.6) is 0 Å². The van der Waals surface area contributed by atoms with Crippen molar-refractivity contribution in [2.75, 3.05) is 0 Å². The van der Waals surface area contributed by atoms with Crippen LogP contribution in [0.25, 0.3) is 0 Å². The second-order valence-corrected chi connectivity index (χ2v) is 19.2. The molecule has 0 spiro atoms. The van der Waals surface area contributed by atoms with E-state index >= 15 is 0 Å². The highest BCUT2D eigenvalue weighted by atomic mass is 33.1. The first-order valence-corrected chi connectivity index (χ1v) is 20.7. The van der Waals surface area contributed by atoms with Gasteiger partial charge in [0.15, 0.2) is 21.2 Å². The highest BCUT2D eigenvalue weighted by Crippen LogP contribution is 2.53. The highest BCUT2D eigenvalue weighted by Gasteiger charge is 2.64. The summed E-state index contributed by atoms with van der Waals surface area (Å²) in [5, 5.41) is -0.944. The molecule has 7 nitrogen and oxygen atoms in total. The van der Waals surface area contributed by atoms with Crippen molar-refractivity contribution in [2.45, 2.75) is 75.7 Å². The Kier molecular flexibility index (Phi) is 10.5. The van der Waals surface area contributed by atoms with Gasteiger partial charge >= 0.3 is 5.97 Å². The third-order valence-electron chi connectivity index (χ3n) is 8.31. The van der Waals surface area contributed by atoms with Gasteiger partial charge in [-0.2, -0.15) is 0 Å². The number of nitrogens with zero attached hydrogens (tertiary/aromatic N) is 1. The Labute approximate surface area is 273 Å². The first-order valence-electron chi connectivity index (χ1n) is 15.0. The van der Waals surface area contributed by atoms with Crippen molar-refractivity contribution in [1.82, 2.24) is 4.90 Å². The highest BCUT2D eigenvalue weighted by molar-refractivity contribution is 8.72. The van der Waals surface area contributed by atoms with Crippen molar-refractivity contribution in [2.24, 2.45) is 11.3 Å². The Morgan fingerprint density at radius 3 is 1.78 bits per heavy atom. The van der Waals surface area contributed by atoms with Crippen LogP contribution in [-0.2, 0) is 27.6 Å². The molecule has 3 aromatic carbocycles. The van der Waals surface area contributed by atoms with Crippen LogP contribution in [0, 0.1) is 11.3 Å². The fourth-order valence-corrected chi connectivity index (χ4v) is 10.9. The number of hydrogen-bond donors (Lipinski definition) is 0. The standard InChI is InChI=1S/C35H43NO6S2Si/c1-24(2)29(33(38)41-30(25-18-12-9-13-19-25)26-20-14-10-15-21-26)36-31(37)28(35(6,34(3,4)5)42-45(7)8)32(36)43-44(39,40)27-22-16-11-17-23-27/h9-23,28-30,32,45H,1H2,2-8H3/t28?,29?,32?,35-/m0/s1. The zero-order valence-corrected chi connectivity index (χ0v) is 29.8. The van der Waals surface area contributed by atoms with Gasteiger partial charge in [-0.25, -0.2) is 13.2 Å². The number of β-lactam (4-membered cyclic amide) rings is 1. The Balaban J connectivity index is 1.78. The monoisotopic (exact) mass is 665 g/mol. The number of benzene rings is 3. The average molecular weight is 666 g/mol. The molecule has 1 aliphatic heterocycles.